The number of carbonyl (C=O) groups is 2. The second-order valence-electron chi connectivity index (χ2n) is 4.76. The maximum absolute atomic E-state index is 11.6. The van der Waals surface area contributed by atoms with Crippen molar-refractivity contribution in [3.63, 3.8) is 0 Å². The minimum Gasteiger partial charge on any atom is -0.466 e. The molecule has 0 aliphatic carbocycles. The van der Waals surface area contributed by atoms with Crippen LogP contribution in [0.2, 0.25) is 0 Å². The van der Waals surface area contributed by atoms with Gasteiger partial charge in [0.2, 0.25) is 0 Å². The highest BCUT2D eigenvalue weighted by molar-refractivity contribution is 5.72. The summed E-state index contributed by atoms with van der Waals surface area (Å²) in [6.45, 7) is 6.41. The number of carbonyl (C=O) groups excluding carboxylic acids is 2. The van der Waals surface area contributed by atoms with Gasteiger partial charge in [-0.25, -0.2) is 0 Å². The number of esters is 2. The molecule has 0 amide bonds. The largest absolute Gasteiger partial charge is 0.466 e. The highest BCUT2D eigenvalue weighted by Crippen LogP contribution is 2.09. The van der Waals surface area contributed by atoms with Crippen molar-refractivity contribution in [2.75, 3.05) is 6.61 Å². The first-order chi connectivity index (χ1) is 9.13. The van der Waals surface area contributed by atoms with Crippen LogP contribution in [-0.4, -0.2) is 24.6 Å². The summed E-state index contributed by atoms with van der Waals surface area (Å²) < 4.78 is 10.3. The van der Waals surface area contributed by atoms with Gasteiger partial charge in [0.05, 0.1) is 13.0 Å². The SMILES string of the molecule is CCCCCCC(=O)OC(CC)CC(=O)OCCC. The Labute approximate surface area is 116 Å². The number of unbranched alkanes of at least 4 members (excludes halogenated alkanes) is 3. The predicted molar refractivity (Wildman–Crippen MR) is 74.8 cm³/mol. The summed E-state index contributed by atoms with van der Waals surface area (Å²) in [6.07, 6.45) is 5.93. The summed E-state index contributed by atoms with van der Waals surface area (Å²) in [4.78, 5) is 23.0. The van der Waals surface area contributed by atoms with E-state index in [9.17, 15) is 9.59 Å². The van der Waals surface area contributed by atoms with Gasteiger partial charge in [-0.3, -0.25) is 9.59 Å². The van der Waals surface area contributed by atoms with Gasteiger partial charge < -0.3 is 9.47 Å². The molecule has 0 aromatic rings. The van der Waals surface area contributed by atoms with E-state index in [0.717, 1.165) is 32.1 Å². The van der Waals surface area contributed by atoms with E-state index in [1.165, 1.54) is 0 Å². The topological polar surface area (TPSA) is 52.6 Å². The molecule has 0 aromatic carbocycles. The van der Waals surface area contributed by atoms with Gasteiger partial charge in [0.25, 0.3) is 0 Å². The average molecular weight is 272 g/mol. The molecular formula is C15H28O4. The molecule has 4 nitrogen and oxygen atoms in total. The molecule has 0 aliphatic heterocycles. The molecule has 1 unspecified atom stereocenters. The van der Waals surface area contributed by atoms with Gasteiger partial charge in [0.1, 0.15) is 6.10 Å². The summed E-state index contributed by atoms with van der Waals surface area (Å²) in [7, 11) is 0. The molecule has 0 fully saturated rings. The van der Waals surface area contributed by atoms with Crippen molar-refractivity contribution in [1.82, 2.24) is 0 Å². The van der Waals surface area contributed by atoms with E-state index in [4.69, 9.17) is 9.47 Å². The molecule has 0 N–H and O–H groups in total. The van der Waals surface area contributed by atoms with Crippen LogP contribution in [0.1, 0.15) is 72.1 Å². The lowest BCUT2D eigenvalue weighted by Gasteiger charge is -2.15. The Kier molecular flexibility index (Phi) is 11.3. The smallest absolute Gasteiger partial charge is 0.309 e. The Balaban J connectivity index is 3.84. The third-order valence-electron chi connectivity index (χ3n) is 2.85. The lowest BCUT2D eigenvalue weighted by atomic mass is 10.1. The first kappa shape index (κ1) is 17.9. The van der Waals surface area contributed by atoms with Gasteiger partial charge in [0, 0.05) is 6.42 Å². The Morgan fingerprint density at radius 3 is 2.26 bits per heavy atom. The van der Waals surface area contributed by atoms with E-state index in [2.05, 4.69) is 6.92 Å². The number of ether oxygens (including phenoxy) is 2. The average Bonchev–Trinajstić information content (AvgIpc) is 2.40. The maximum Gasteiger partial charge on any atom is 0.309 e. The molecule has 0 heterocycles. The van der Waals surface area contributed by atoms with Crippen LogP contribution in [0.3, 0.4) is 0 Å². The van der Waals surface area contributed by atoms with Gasteiger partial charge in [-0.2, -0.15) is 0 Å². The molecule has 0 bridgehead atoms. The molecule has 0 rings (SSSR count). The minimum atomic E-state index is -0.344. The first-order valence-electron chi connectivity index (χ1n) is 7.49. The van der Waals surface area contributed by atoms with E-state index in [0.29, 0.717) is 19.4 Å². The zero-order valence-electron chi connectivity index (χ0n) is 12.6. The van der Waals surface area contributed by atoms with Gasteiger partial charge in [0.15, 0.2) is 0 Å². The van der Waals surface area contributed by atoms with Crippen LogP contribution >= 0.6 is 0 Å². The first-order valence-corrected chi connectivity index (χ1v) is 7.49. The second kappa shape index (κ2) is 12.0. The Bertz CT molecular complexity index is 251. The van der Waals surface area contributed by atoms with E-state index >= 15 is 0 Å². The molecule has 0 aromatic heterocycles. The predicted octanol–water partition coefficient (Wildman–Crippen LogP) is 3.62. The molecule has 0 saturated heterocycles. The van der Waals surface area contributed by atoms with Crippen LogP contribution in [0.15, 0.2) is 0 Å². The summed E-state index contributed by atoms with van der Waals surface area (Å²) in [5.41, 5.74) is 0. The maximum atomic E-state index is 11.6. The van der Waals surface area contributed by atoms with Crippen LogP contribution in [-0.2, 0) is 19.1 Å². The monoisotopic (exact) mass is 272 g/mol. The van der Waals surface area contributed by atoms with Crippen LogP contribution in [0.25, 0.3) is 0 Å². The van der Waals surface area contributed by atoms with Crippen molar-refractivity contribution in [1.29, 1.82) is 0 Å². The Morgan fingerprint density at radius 1 is 0.947 bits per heavy atom. The zero-order chi connectivity index (χ0) is 14.5. The van der Waals surface area contributed by atoms with E-state index in [1.54, 1.807) is 0 Å². The molecule has 0 radical (unpaired) electrons. The van der Waals surface area contributed by atoms with Crippen molar-refractivity contribution < 1.29 is 19.1 Å². The molecule has 112 valence electrons. The van der Waals surface area contributed by atoms with Gasteiger partial charge in [-0.1, -0.05) is 40.0 Å². The molecule has 0 saturated carbocycles. The normalized spacial score (nSPS) is 11.9. The Morgan fingerprint density at radius 2 is 1.68 bits per heavy atom. The Hall–Kier alpha value is -1.06. The van der Waals surface area contributed by atoms with E-state index < -0.39 is 0 Å². The van der Waals surface area contributed by atoms with Crippen molar-refractivity contribution in [3.8, 4) is 0 Å². The highest BCUT2D eigenvalue weighted by atomic mass is 16.6. The fraction of sp³-hybridized carbons (Fsp3) is 0.867. The fourth-order valence-corrected chi connectivity index (χ4v) is 1.67. The number of hydrogen-bond donors (Lipinski definition) is 0. The molecule has 19 heavy (non-hydrogen) atoms. The quantitative estimate of drug-likeness (QED) is 0.426. The molecule has 1 atom stereocenters. The van der Waals surface area contributed by atoms with Crippen LogP contribution < -0.4 is 0 Å². The molecule has 0 aliphatic rings. The van der Waals surface area contributed by atoms with Crippen molar-refractivity contribution in [3.05, 3.63) is 0 Å². The lowest BCUT2D eigenvalue weighted by Crippen LogP contribution is -2.22. The number of hydrogen-bond acceptors (Lipinski definition) is 4. The van der Waals surface area contributed by atoms with Crippen LogP contribution in [0.4, 0.5) is 0 Å². The van der Waals surface area contributed by atoms with Crippen molar-refractivity contribution in [2.24, 2.45) is 0 Å². The lowest BCUT2D eigenvalue weighted by molar-refractivity contribution is -0.155. The highest BCUT2D eigenvalue weighted by Gasteiger charge is 2.17. The third-order valence-corrected chi connectivity index (χ3v) is 2.85. The summed E-state index contributed by atoms with van der Waals surface area (Å²) in [5.74, 6) is -0.487. The third kappa shape index (κ3) is 10.5. The summed E-state index contributed by atoms with van der Waals surface area (Å²) in [6, 6.07) is 0. The number of rotatable bonds is 11. The second-order valence-corrected chi connectivity index (χ2v) is 4.76. The summed E-state index contributed by atoms with van der Waals surface area (Å²) in [5, 5.41) is 0. The summed E-state index contributed by atoms with van der Waals surface area (Å²) >= 11 is 0. The van der Waals surface area contributed by atoms with Gasteiger partial charge in [-0.15, -0.1) is 0 Å². The molecular weight excluding hydrogens is 244 g/mol. The fourth-order valence-electron chi connectivity index (χ4n) is 1.67. The molecule has 4 heteroatoms. The van der Waals surface area contributed by atoms with E-state index in [-0.39, 0.29) is 24.5 Å². The minimum absolute atomic E-state index is 0.164. The van der Waals surface area contributed by atoms with Crippen LogP contribution in [0, 0.1) is 0 Å². The zero-order valence-corrected chi connectivity index (χ0v) is 12.6. The van der Waals surface area contributed by atoms with E-state index in [1.807, 2.05) is 13.8 Å². The van der Waals surface area contributed by atoms with Crippen LogP contribution in [0.5, 0.6) is 0 Å². The van der Waals surface area contributed by atoms with Crippen molar-refractivity contribution >= 4 is 11.9 Å². The molecule has 0 spiro atoms. The standard InChI is InChI=1S/C15H28O4/c1-4-7-8-9-10-14(16)19-13(6-3)12-15(17)18-11-5-2/h13H,4-12H2,1-3H3. The van der Waals surface area contributed by atoms with Crippen molar-refractivity contribution in [2.45, 2.75) is 78.2 Å². The van der Waals surface area contributed by atoms with Gasteiger partial charge in [-0.05, 0) is 19.3 Å². The van der Waals surface area contributed by atoms with Gasteiger partial charge >= 0.3 is 11.9 Å².